The molecule has 2 aromatic rings. The maximum atomic E-state index is 13.4. The molecule has 5 nitrogen and oxygen atoms in total. The number of anilines is 1. The van der Waals surface area contributed by atoms with Gasteiger partial charge in [-0.2, -0.15) is 0 Å². The SMILES string of the molecule is O=C(COC(=O)c1cncc(Br)c1)Nc1cc(Cl)ccc1F. The van der Waals surface area contributed by atoms with Crippen molar-refractivity contribution in [2.45, 2.75) is 0 Å². The van der Waals surface area contributed by atoms with Crippen LogP contribution >= 0.6 is 27.5 Å². The van der Waals surface area contributed by atoms with E-state index in [1.54, 1.807) is 0 Å². The Morgan fingerprint density at radius 2 is 2.09 bits per heavy atom. The molecule has 1 aromatic heterocycles. The van der Waals surface area contributed by atoms with Crippen molar-refractivity contribution in [2.24, 2.45) is 0 Å². The van der Waals surface area contributed by atoms with Gasteiger partial charge in [0.05, 0.1) is 11.3 Å². The van der Waals surface area contributed by atoms with E-state index in [0.717, 1.165) is 6.07 Å². The van der Waals surface area contributed by atoms with Gasteiger partial charge in [0, 0.05) is 21.9 Å². The molecule has 0 unspecified atom stereocenters. The van der Waals surface area contributed by atoms with Gasteiger partial charge < -0.3 is 10.1 Å². The van der Waals surface area contributed by atoms with Crippen molar-refractivity contribution < 1.29 is 18.7 Å². The predicted molar refractivity (Wildman–Crippen MR) is 82.3 cm³/mol. The Hall–Kier alpha value is -1.99. The van der Waals surface area contributed by atoms with Crippen molar-refractivity contribution in [3.05, 3.63) is 57.5 Å². The maximum Gasteiger partial charge on any atom is 0.340 e. The number of ether oxygens (including phenoxy) is 1. The Labute approximate surface area is 138 Å². The zero-order valence-corrected chi connectivity index (χ0v) is 13.3. The molecule has 0 bridgehead atoms. The summed E-state index contributed by atoms with van der Waals surface area (Å²) in [6.07, 6.45) is 2.81. The van der Waals surface area contributed by atoms with E-state index < -0.39 is 24.3 Å². The van der Waals surface area contributed by atoms with Crippen molar-refractivity contribution >= 4 is 45.1 Å². The van der Waals surface area contributed by atoms with Gasteiger partial charge in [0.25, 0.3) is 5.91 Å². The van der Waals surface area contributed by atoms with Gasteiger partial charge in [-0.15, -0.1) is 0 Å². The Balaban J connectivity index is 1.93. The van der Waals surface area contributed by atoms with E-state index in [1.165, 1.54) is 30.6 Å². The molecular formula is C14H9BrClFN2O3. The second-order valence-corrected chi connectivity index (χ2v) is 5.49. The molecule has 1 aromatic carbocycles. The van der Waals surface area contributed by atoms with Crippen molar-refractivity contribution in [1.82, 2.24) is 4.98 Å². The van der Waals surface area contributed by atoms with Crippen LogP contribution in [0.15, 0.2) is 41.1 Å². The Morgan fingerprint density at radius 3 is 2.82 bits per heavy atom. The van der Waals surface area contributed by atoms with Crippen molar-refractivity contribution in [2.75, 3.05) is 11.9 Å². The fourth-order valence-electron chi connectivity index (χ4n) is 1.52. The highest BCUT2D eigenvalue weighted by Crippen LogP contribution is 2.19. The normalized spacial score (nSPS) is 10.1. The lowest BCUT2D eigenvalue weighted by Gasteiger charge is -2.08. The number of carbonyl (C=O) groups is 2. The molecular weight excluding hydrogens is 379 g/mol. The topological polar surface area (TPSA) is 68.3 Å². The largest absolute Gasteiger partial charge is 0.452 e. The molecule has 0 saturated carbocycles. The highest BCUT2D eigenvalue weighted by Gasteiger charge is 2.12. The summed E-state index contributed by atoms with van der Waals surface area (Å²) in [5.41, 5.74) is 0.105. The minimum Gasteiger partial charge on any atom is -0.452 e. The summed E-state index contributed by atoms with van der Waals surface area (Å²) in [4.78, 5) is 27.2. The number of benzene rings is 1. The van der Waals surface area contributed by atoms with Gasteiger partial charge in [-0.3, -0.25) is 9.78 Å². The van der Waals surface area contributed by atoms with Crippen LogP contribution < -0.4 is 5.32 Å². The number of esters is 1. The molecule has 0 aliphatic carbocycles. The molecule has 0 spiro atoms. The fraction of sp³-hybridized carbons (Fsp3) is 0.0714. The van der Waals surface area contributed by atoms with E-state index in [4.69, 9.17) is 16.3 Å². The molecule has 0 atom stereocenters. The number of halogens is 3. The lowest BCUT2D eigenvalue weighted by atomic mass is 10.3. The minimum absolute atomic E-state index is 0.0855. The van der Waals surface area contributed by atoms with Crippen LogP contribution in [0.1, 0.15) is 10.4 Å². The van der Waals surface area contributed by atoms with Crippen LogP contribution in [0.4, 0.5) is 10.1 Å². The summed E-state index contributed by atoms with van der Waals surface area (Å²) < 4.78 is 18.9. The molecule has 22 heavy (non-hydrogen) atoms. The molecule has 0 aliphatic rings. The van der Waals surface area contributed by atoms with Crippen LogP contribution in [-0.2, 0) is 9.53 Å². The van der Waals surface area contributed by atoms with E-state index in [9.17, 15) is 14.0 Å². The highest BCUT2D eigenvalue weighted by atomic mass is 79.9. The zero-order valence-electron chi connectivity index (χ0n) is 11.0. The fourth-order valence-corrected chi connectivity index (χ4v) is 2.05. The Morgan fingerprint density at radius 1 is 1.32 bits per heavy atom. The van der Waals surface area contributed by atoms with Crippen LogP contribution in [0.3, 0.4) is 0 Å². The second kappa shape index (κ2) is 7.33. The second-order valence-electron chi connectivity index (χ2n) is 4.14. The first-order valence-corrected chi connectivity index (χ1v) is 7.15. The van der Waals surface area contributed by atoms with Crippen molar-refractivity contribution in [3.63, 3.8) is 0 Å². The number of rotatable bonds is 4. The first-order valence-electron chi connectivity index (χ1n) is 5.98. The number of hydrogen-bond acceptors (Lipinski definition) is 4. The first kappa shape index (κ1) is 16.4. The maximum absolute atomic E-state index is 13.4. The van der Waals surface area contributed by atoms with E-state index >= 15 is 0 Å². The number of nitrogens with one attached hydrogen (secondary N) is 1. The van der Waals surface area contributed by atoms with Gasteiger partial charge >= 0.3 is 5.97 Å². The molecule has 114 valence electrons. The van der Waals surface area contributed by atoms with E-state index in [0.29, 0.717) is 4.47 Å². The van der Waals surface area contributed by atoms with Crippen molar-refractivity contribution in [3.8, 4) is 0 Å². The van der Waals surface area contributed by atoms with Crippen molar-refractivity contribution in [1.29, 1.82) is 0 Å². The number of aromatic nitrogens is 1. The Bertz CT molecular complexity index is 727. The molecule has 0 fully saturated rings. The standard InChI is InChI=1S/C14H9BrClFN2O3/c15-9-3-8(5-18-6-9)14(21)22-7-13(20)19-12-4-10(16)1-2-11(12)17/h1-6H,7H2,(H,19,20). The summed E-state index contributed by atoms with van der Waals surface area (Å²) in [5.74, 6) is -2.03. The minimum atomic E-state index is -0.712. The number of nitrogens with zero attached hydrogens (tertiary/aromatic N) is 1. The molecule has 1 amide bonds. The molecule has 0 aliphatic heterocycles. The average Bonchev–Trinajstić information content (AvgIpc) is 2.48. The third-order valence-corrected chi connectivity index (χ3v) is 3.15. The van der Waals surface area contributed by atoms with Gasteiger partial charge in [-0.1, -0.05) is 11.6 Å². The molecule has 2 rings (SSSR count). The summed E-state index contributed by atoms with van der Waals surface area (Å²) in [6.45, 7) is -0.558. The number of amides is 1. The molecule has 1 N–H and O–H groups in total. The molecule has 0 radical (unpaired) electrons. The predicted octanol–water partition coefficient (Wildman–Crippen LogP) is 3.43. The number of hydrogen-bond donors (Lipinski definition) is 1. The smallest absolute Gasteiger partial charge is 0.340 e. The Kier molecular flexibility index (Phi) is 5.46. The van der Waals surface area contributed by atoms with E-state index in [2.05, 4.69) is 26.2 Å². The van der Waals surface area contributed by atoms with E-state index in [1.807, 2.05) is 0 Å². The van der Waals surface area contributed by atoms with Gasteiger partial charge in [0.2, 0.25) is 0 Å². The van der Waals surface area contributed by atoms with Crippen LogP contribution in [-0.4, -0.2) is 23.5 Å². The van der Waals surface area contributed by atoms with E-state index in [-0.39, 0.29) is 16.3 Å². The van der Waals surface area contributed by atoms with Gasteiger partial charge in [0.1, 0.15) is 5.82 Å². The monoisotopic (exact) mass is 386 g/mol. The van der Waals surface area contributed by atoms with Gasteiger partial charge in [0.15, 0.2) is 6.61 Å². The molecule has 8 heteroatoms. The van der Waals surface area contributed by atoms with Crippen LogP contribution in [0.2, 0.25) is 5.02 Å². The average molecular weight is 388 g/mol. The molecule has 0 saturated heterocycles. The number of pyridine rings is 1. The van der Waals surface area contributed by atoms with Crippen LogP contribution in [0.5, 0.6) is 0 Å². The van der Waals surface area contributed by atoms with Gasteiger partial charge in [-0.05, 0) is 40.2 Å². The summed E-state index contributed by atoms with van der Waals surface area (Å²) in [5, 5.41) is 2.54. The van der Waals surface area contributed by atoms with Crippen LogP contribution in [0.25, 0.3) is 0 Å². The lowest BCUT2D eigenvalue weighted by Crippen LogP contribution is -2.21. The quantitative estimate of drug-likeness (QED) is 0.816. The lowest BCUT2D eigenvalue weighted by molar-refractivity contribution is -0.119. The summed E-state index contributed by atoms with van der Waals surface area (Å²) in [6, 6.07) is 5.24. The first-order chi connectivity index (χ1) is 10.5. The molecule has 1 heterocycles. The summed E-state index contributed by atoms with van der Waals surface area (Å²) in [7, 11) is 0. The zero-order chi connectivity index (χ0) is 16.1. The van der Waals surface area contributed by atoms with Crippen LogP contribution in [0, 0.1) is 5.82 Å². The summed E-state index contributed by atoms with van der Waals surface area (Å²) >= 11 is 8.87. The third kappa shape index (κ3) is 4.51. The third-order valence-electron chi connectivity index (χ3n) is 2.48. The van der Waals surface area contributed by atoms with Gasteiger partial charge in [-0.25, -0.2) is 9.18 Å². The number of carbonyl (C=O) groups excluding carboxylic acids is 2. The highest BCUT2D eigenvalue weighted by molar-refractivity contribution is 9.10.